The zero-order chi connectivity index (χ0) is 10.7. The summed E-state index contributed by atoms with van der Waals surface area (Å²) < 4.78 is 13.4. The summed E-state index contributed by atoms with van der Waals surface area (Å²) in [6, 6.07) is 3.16. The van der Waals surface area contributed by atoms with Crippen LogP contribution >= 0.6 is 11.6 Å². The second-order valence-electron chi connectivity index (χ2n) is 3.61. The van der Waals surface area contributed by atoms with Crippen LogP contribution in [0.2, 0.25) is 5.02 Å². The van der Waals surface area contributed by atoms with Crippen molar-refractivity contribution in [3.05, 3.63) is 46.3 Å². The topological polar surface area (TPSA) is 0 Å². The Morgan fingerprint density at radius 2 is 2.14 bits per heavy atom. The van der Waals surface area contributed by atoms with Gasteiger partial charge in [0.1, 0.15) is 5.82 Å². The molecule has 0 heterocycles. The van der Waals surface area contributed by atoms with Crippen molar-refractivity contribution in [3.8, 4) is 0 Å². The van der Waals surface area contributed by atoms with Gasteiger partial charge in [0.15, 0.2) is 0 Å². The highest BCUT2D eigenvalue weighted by Gasteiger charge is 2.08. The largest absolute Gasteiger partial charge is 0.207 e. The molecule has 14 heavy (non-hydrogen) atoms. The van der Waals surface area contributed by atoms with Gasteiger partial charge in [0.2, 0.25) is 0 Å². The lowest BCUT2D eigenvalue weighted by Gasteiger charge is -2.07. The number of halogens is 2. The van der Waals surface area contributed by atoms with E-state index in [2.05, 4.69) is 6.58 Å². The van der Waals surface area contributed by atoms with Gasteiger partial charge in [0.05, 0.1) is 0 Å². The Kier molecular flexibility index (Phi) is 3.70. The molecule has 0 fully saturated rings. The van der Waals surface area contributed by atoms with Crippen molar-refractivity contribution in [3.63, 3.8) is 0 Å². The van der Waals surface area contributed by atoms with Crippen LogP contribution in [0.15, 0.2) is 24.3 Å². The van der Waals surface area contributed by atoms with E-state index in [4.69, 9.17) is 11.6 Å². The summed E-state index contributed by atoms with van der Waals surface area (Å²) in [6.45, 7) is 7.60. The number of benzene rings is 1. The van der Waals surface area contributed by atoms with Gasteiger partial charge < -0.3 is 0 Å². The number of aryl methyl sites for hydroxylation is 1. The maximum atomic E-state index is 13.4. The van der Waals surface area contributed by atoms with Crippen molar-refractivity contribution in [2.75, 3.05) is 0 Å². The standard InChI is InChI=1S/C12H14ClF/c1-8(2)4-6-10-11(14)7-5-9(3)12(10)13/h5,7H,1,4,6H2,2-3H3. The van der Waals surface area contributed by atoms with Crippen LogP contribution in [0, 0.1) is 12.7 Å². The predicted octanol–water partition coefficient (Wildman–Crippen LogP) is 4.30. The van der Waals surface area contributed by atoms with Crippen molar-refractivity contribution in [2.24, 2.45) is 0 Å². The van der Waals surface area contributed by atoms with E-state index >= 15 is 0 Å². The minimum Gasteiger partial charge on any atom is -0.207 e. The zero-order valence-corrected chi connectivity index (χ0v) is 9.29. The summed E-state index contributed by atoms with van der Waals surface area (Å²) in [7, 11) is 0. The normalized spacial score (nSPS) is 10.3. The van der Waals surface area contributed by atoms with E-state index in [0.29, 0.717) is 17.0 Å². The minimum atomic E-state index is -0.221. The summed E-state index contributed by atoms with van der Waals surface area (Å²) in [5.74, 6) is -0.221. The van der Waals surface area contributed by atoms with Gasteiger partial charge in [-0.3, -0.25) is 0 Å². The lowest BCUT2D eigenvalue weighted by molar-refractivity contribution is 0.608. The molecule has 76 valence electrons. The second kappa shape index (κ2) is 4.61. The first kappa shape index (κ1) is 11.3. The van der Waals surface area contributed by atoms with Gasteiger partial charge >= 0.3 is 0 Å². The van der Waals surface area contributed by atoms with E-state index in [1.54, 1.807) is 6.07 Å². The Balaban J connectivity index is 2.95. The molecule has 1 aromatic carbocycles. The fourth-order valence-electron chi connectivity index (χ4n) is 1.28. The van der Waals surface area contributed by atoms with Gasteiger partial charge in [-0.05, 0) is 38.3 Å². The van der Waals surface area contributed by atoms with Crippen LogP contribution in [-0.2, 0) is 6.42 Å². The average molecular weight is 213 g/mol. The molecule has 2 heteroatoms. The van der Waals surface area contributed by atoms with E-state index in [1.807, 2.05) is 13.8 Å². The molecule has 0 aliphatic heterocycles. The van der Waals surface area contributed by atoms with Crippen molar-refractivity contribution in [2.45, 2.75) is 26.7 Å². The first-order valence-electron chi connectivity index (χ1n) is 4.60. The van der Waals surface area contributed by atoms with Gasteiger partial charge in [-0.2, -0.15) is 0 Å². The van der Waals surface area contributed by atoms with Crippen molar-refractivity contribution in [1.82, 2.24) is 0 Å². The summed E-state index contributed by atoms with van der Waals surface area (Å²) in [5, 5.41) is 0.547. The second-order valence-corrected chi connectivity index (χ2v) is 3.99. The Labute approximate surface area is 89.4 Å². The van der Waals surface area contributed by atoms with E-state index in [9.17, 15) is 4.39 Å². The van der Waals surface area contributed by atoms with Crippen LogP contribution in [0.25, 0.3) is 0 Å². The Morgan fingerprint density at radius 1 is 1.50 bits per heavy atom. The maximum Gasteiger partial charge on any atom is 0.127 e. The van der Waals surface area contributed by atoms with E-state index in [0.717, 1.165) is 17.6 Å². The first-order valence-corrected chi connectivity index (χ1v) is 4.98. The molecule has 0 aliphatic carbocycles. The summed E-state index contributed by atoms with van der Waals surface area (Å²) >= 11 is 6.01. The quantitative estimate of drug-likeness (QED) is 0.656. The van der Waals surface area contributed by atoms with Gasteiger partial charge in [-0.15, -0.1) is 6.58 Å². The number of hydrogen-bond donors (Lipinski definition) is 0. The number of hydrogen-bond acceptors (Lipinski definition) is 0. The smallest absolute Gasteiger partial charge is 0.127 e. The monoisotopic (exact) mass is 212 g/mol. The van der Waals surface area contributed by atoms with E-state index in [-0.39, 0.29) is 5.82 Å². The van der Waals surface area contributed by atoms with Gasteiger partial charge in [0.25, 0.3) is 0 Å². The van der Waals surface area contributed by atoms with Crippen LogP contribution in [0.3, 0.4) is 0 Å². The molecular formula is C12H14ClF. The lowest BCUT2D eigenvalue weighted by Crippen LogP contribution is -1.94. The van der Waals surface area contributed by atoms with Gasteiger partial charge in [-0.1, -0.05) is 23.2 Å². The summed E-state index contributed by atoms with van der Waals surface area (Å²) in [5.41, 5.74) is 2.57. The fraction of sp³-hybridized carbons (Fsp3) is 0.333. The zero-order valence-electron chi connectivity index (χ0n) is 8.53. The van der Waals surface area contributed by atoms with Gasteiger partial charge in [-0.25, -0.2) is 4.39 Å². The molecule has 0 unspecified atom stereocenters. The molecule has 0 saturated heterocycles. The van der Waals surface area contributed by atoms with Crippen LogP contribution in [0.1, 0.15) is 24.5 Å². The number of rotatable bonds is 3. The average Bonchev–Trinajstić information content (AvgIpc) is 2.11. The summed E-state index contributed by atoms with van der Waals surface area (Å²) in [4.78, 5) is 0. The van der Waals surface area contributed by atoms with E-state index in [1.165, 1.54) is 6.07 Å². The molecule has 0 saturated carbocycles. The van der Waals surface area contributed by atoms with Crippen LogP contribution in [0.4, 0.5) is 4.39 Å². The molecule has 0 radical (unpaired) electrons. The Bertz CT molecular complexity index is 356. The van der Waals surface area contributed by atoms with Gasteiger partial charge in [0, 0.05) is 10.6 Å². The lowest BCUT2D eigenvalue weighted by atomic mass is 10.0. The molecule has 0 spiro atoms. The molecular weight excluding hydrogens is 199 g/mol. The van der Waals surface area contributed by atoms with Crippen LogP contribution in [0.5, 0.6) is 0 Å². The molecule has 0 bridgehead atoms. The van der Waals surface area contributed by atoms with Crippen molar-refractivity contribution >= 4 is 11.6 Å². The predicted molar refractivity (Wildman–Crippen MR) is 59.3 cm³/mol. The highest BCUT2D eigenvalue weighted by molar-refractivity contribution is 6.32. The molecule has 0 N–H and O–H groups in total. The highest BCUT2D eigenvalue weighted by atomic mass is 35.5. The highest BCUT2D eigenvalue weighted by Crippen LogP contribution is 2.25. The molecule has 0 amide bonds. The maximum absolute atomic E-state index is 13.4. The SMILES string of the molecule is C=C(C)CCc1c(F)ccc(C)c1Cl. The van der Waals surface area contributed by atoms with Crippen LogP contribution in [-0.4, -0.2) is 0 Å². The molecule has 0 aromatic heterocycles. The number of allylic oxidation sites excluding steroid dienone is 1. The van der Waals surface area contributed by atoms with E-state index < -0.39 is 0 Å². The van der Waals surface area contributed by atoms with Crippen molar-refractivity contribution in [1.29, 1.82) is 0 Å². The molecule has 0 atom stereocenters. The molecule has 0 nitrogen and oxygen atoms in total. The van der Waals surface area contributed by atoms with Crippen LogP contribution < -0.4 is 0 Å². The third kappa shape index (κ3) is 2.58. The fourth-order valence-corrected chi connectivity index (χ4v) is 1.53. The first-order chi connectivity index (χ1) is 6.52. The molecule has 1 rings (SSSR count). The third-order valence-corrected chi connectivity index (χ3v) is 2.71. The summed E-state index contributed by atoms with van der Waals surface area (Å²) in [6.07, 6.45) is 1.40. The Morgan fingerprint density at radius 3 is 2.71 bits per heavy atom. The Hall–Kier alpha value is -0.820. The molecule has 1 aromatic rings. The minimum absolute atomic E-state index is 0.221. The molecule has 0 aliphatic rings. The van der Waals surface area contributed by atoms with Crippen molar-refractivity contribution < 1.29 is 4.39 Å². The third-order valence-electron chi connectivity index (χ3n) is 2.18.